The fourth-order valence-electron chi connectivity index (χ4n) is 4.26. The van der Waals surface area contributed by atoms with Gasteiger partial charge in [0, 0.05) is 11.5 Å². The van der Waals surface area contributed by atoms with E-state index in [1.165, 1.54) is 22.3 Å². The van der Waals surface area contributed by atoms with Crippen LogP contribution in [0, 0.1) is 13.8 Å². The molecule has 2 heterocycles. The number of methoxy groups -OCH3 is 2. The number of hydrogen-bond donors (Lipinski definition) is 0. The minimum Gasteiger partial charge on any atom is -1.00 e. The normalized spacial score (nSPS) is 13.0. The van der Waals surface area contributed by atoms with Crippen molar-refractivity contribution in [2.45, 2.75) is 46.2 Å². The van der Waals surface area contributed by atoms with Gasteiger partial charge in [-0.1, -0.05) is 29.3 Å². The number of benzene rings is 2. The maximum absolute atomic E-state index is 5.53. The molecule has 0 spiro atoms. The molecular weight excluding hydrogens is 462 g/mol. The topological polar surface area (TPSA) is 103 Å². The van der Waals surface area contributed by atoms with Crippen LogP contribution in [-0.4, -0.2) is 35.0 Å². The van der Waals surface area contributed by atoms with E-state index in [1.54, 1.807) is 14.2 Å². The SMILES string of the molecule is COc1cc2c(cc1OC)-c1nn(Cc3cc(C)cc(C)c3)c[n+]1C(C)(C)C2.O.O.[Br-]. The number of hydrogen-bond acceptors (Lipinski definition) is 3. The molecule has 3 aromatic rings. The van der Waals surface area contributed by atoms with E-state index in [9.17, 15) is 0 Å². The van der Waals surface area contributed by atoms with Gasteiger partial charge < -0.3 is 37.4 Å². The molecule has 0 saturated heterocycles. The largest absolute Gasteiger partial charge is 1.00 e. The van der Waals surface area contributed by atoms with Gasteiger partial charge in [-0.25, -0.2) is 4.57 Å². The molecule has 0 saturated carbocycles. The molecule has 31 heavy (non-hydrogen) atoms. The molecule has 0 unspecified atom stereocenters. The molecule has 4 N–H and O–H groups in total. The van der Waals surface area contributed by atoms with E-state index < -0.39 is 0 Å². The lowest BCUT2D eigenvalue weighted by Crippen LogP contribution is -3.00. The van der Waals surface area contributed by atoms with Gasteiger partial charge >= 0.3 is 5.82 Å². The summed E-state index contributed by atoms with van der Waals surface area (Å²) in [6.07, 6.45) is 3.04. The van der Waals surface area contributed by atoms with Gasteiger partial charge in [0.1, 0.15) is 6.54 Å². The van der Waals surface area contributed by atoms with E-state index in [0.29, 0.717) is 0 Å². The fourth-order valence-corrected chi connectivity index (χ4v) is 4.26. The van der Waals surface area contributed by atoms with E-state index >= 15 is 0 Å². The Bertz CT molecular complexity index is 1040. The van der Waals surface area contributed by atoms with E-state index in [2.05, 4.69) is 62.9 Å². The summed E-state index contributed by atoms with van der Waals surface area (Å²) >= 11 is 0. The zero-order valence-electron chi connectivity index (χ0n) is 18.9. The molecule has 0 atom stereocenters. The molecule has 0 aliphatic carbocycles. The van der Waals surface area contributed by atoms with Crippen LogP contribution in [0.3, 0.4) is 0 Å². The van der Waals surface area contributed by atoms with Crippen LogP contribution in [-0.2, 0) is 18.5 Å². The van der Waals surface area contributed by atoms with Gasteiger partial charge in [-0.15, -0.1) is 4.68 Å². The zero-order chi connectivity index (χ0) is 20.1. The molecule has 170 valence electrons. The zero-order valence-corrected chi connectivity index (χ0v) is 20.5. The van der Waals surface area contributed by atoms with E-state index in [-0.39, 0.29) is 33.5 Å². The molecule has 4 rings (SSSR count). The summed E-state index contributed by atoms with van der Waals surface area (Å²) in [7, 11) is 3.35. The Balaban J connectivity index is 0.00000160. The Hall–Kier alpha value is -2.42. The van der Waals surface area contributed by atoms with Gasteiger partial charge in [-0.2, -0.15) is 0 Å². The van der Waals surface area contributed by atoms with Crippen molar-refractivity contribution in [3.05, 3.63) is 58.9 Å². The summed E-state index contributed by atoms with van der Waals surface area (Å²) in [6, 6.07) is 10.8. The van der Waals surface area contributed by atoms with Crippen molar-refractivity contribution >= 4 is 0 Å². The molecule has 2 aromatic carbocycles. The highest BCUT2D eigenvalue weighted by Gasteiger charge is 2.39. The van der Waals surface area contributed by atoms with Crippen LogP contribution in [0.25, 0.3) is 11.4 Å². The van der Waals surface area contributed by atoms with Crippen molar-refractivity contribution in [2.75, 3.05) is 14.2 Å². The van der Waals surface area contributed by atoms with Crippen LogP contribution in [0.1, 0.15) is 36.1 Å². The van der Waals surface area contributed by atoms with Crippen LogP contribution >= 0.6 is 0 Å². The second-order valence-electron chi connectivity index (χ2n) is 8.36. The van der Waals surface area contributed by atoms with Crippen molar-refractivity contribution in [3.63, 3.8) is 0 Å². The Kier molecular flexibility index (Phi) is 8.42. The van der Waals surface area contributed by atoms with Gasteiger partial charge in [-0.05, 0) is 51.0 Å². The Morgan fingerprint density at radius 2 is 1.55 bits per heavy atom. The number of fused-ring (bicyclic) bond motifs is 3. The Morgan fingerprint density at radius 1 is 0.968 bits per heavy atom. The molecule has 0 amide bonds. The second-order valence-corrected chi connectivity index (χ2v) is 8.36. The predicted octanol–water partition coefficient (Wildman–Crippen LogP) is -0.834. The number of nitrogens with zero attached hydrogens (tertiary/aromatic N) is 3. The molecule has 0 radical (unpaired) electrons. The molecular formula is C23H32BrN3O4. The van der Waals surface area contributed by atoms with Crippen molar-refractivity contribution < 1.29 is 42.0 Å². The fraction of sp³-hybridized carbons (Fsp3) is 0.391. The molecule has 0 fully saturated rings. The first-order chi connectivity index (χ1) is 13.3. The van der Waals surface area contributed by atoms with Gasteiger partial charge in [0.2, 0.25) is 6.33 Å². The number of aryl methyl sites for hydroxylation is 2. The second kappa shape index (κ2) is 9.80. The lowest BCUT2D eigenvalue weighted by Gasteiger charge is -2.29. The average molecular weight is 494 g/mol. The van der Waals surface area contributed by atoms with Crippen LogP contribution in [0.5, 0.6) is 11.5 Å². The van der Waals surface area contributed by atoms with Crippen molar-refractivity contribution in [1.82, 2.24) is 9.78 Å². The lowest BCUT2D eigenvalue weighted by atomic mass is 9.87. The highest BCUT2D eigenvalue weighted by Crippen LogP contribution is 2.39. The third kappa shape index (κ3) is 4.92. The minimum atomic E-state index is -0.0668. The van der Waals surface area contributed by atoms with Gasteiger partial charge in [0.15, 0.2) is 11.5 Å². The molecule has 1 aliphatic heterocycles. The van der Waals surface area contributed by atoms with Gasteiger partial charge in [0.25, 0.3) is 0 Å². The molecule has 1 aliphatic rings. The molecule has 0 bridgehead atoms. The summed E-state index contributed by atoms with van der Waals surface area (Å²) in [5.74, 6) is 2.47. The minimum absolute atomic E-state index is 0. The van der Waals surface area contributed by atoms with Crippen LogP contribution in [0.2, 0.25) is 0 Å². The quantitative estimate of drug-likeness (QED) is 0.442. The number of rotatable bonds is 4. The van der Waals surface area contributed by atoms with Crippen molar-refractivity contribution in [2.24, 2.45) is 0 Å². The number of ether oxygens (including phenoxy) is 2. The predicted molar refractivity (Wildman–Crippen MR) is 116 cm³/mol. The first-order valence-electron chi connectivity index (χ1n) is 9.63. The Labute approximate surface area is 194 Å². The van der Waals surface area contributed by atoms with E-state index in [0.717, 1.165) is 35.9 Å². The van der Waals surface area contributed by atoms with E-state index in [4.69, 9.17) is 14.6 Å². The highest BCUT2D eigenvalue weighted by molar-refractivity contribution is 5.65. The lowest BCUT2D eigenvalue weighted by molar-refractivity contribution is -0.750. The standard InChI is InChI=1S/C23H28N3O2.BrH.2H2O/c1-15-7-16(2)9-17(8-15)13-25-14-26-22(24-25)19-11-21(28-6)20(27-5)10-18(19)12-23(26,3)4;;;/h7-11,14H,12-13H2,1-6H3;1H;2*1H2/q+1;;;/p-1. The third-order valence-electron chi connectivity index (χ3n) is 5.45. The number of halogens is 1. The monoisotopic (exact) mass is 493 g/mol. The van der Waals surface area contributed by atoms with E-state index in [1.807, 2.05) is 10.7 Å². The summed E-state index contributed by atoms with van der Waals surface area (Å²) in [5.41, 5.74) is 6.10. The van der Waals surface area contributed by atoms with Crippen molar-refractivity contribution in [3.8, 4) is 22.9 Å². The average Bonchev–Trinajstić information content (AvgIpc) is 3.04. The summed E-state index contributed by atoms with van der Waals surface area (Å²) in [5, 5.41) is 4.96. The Morgan fingerprint density at radius 3 is 2.13 bits per heavy atom. The maximum atomic E-state index is 5.53. The smallest absolute Gasteiger partial charge is 0.309 e. The summed E-state index contributed by atoms with van der Waals surface area (Å²) < 4.78 is 15.4. The van der Waals surface area contributed by atoms with Crippen LogP contribution < -0.4 is 31.0 Å². The van der Waals surface area contributed by atoms with Crippen molar-refractivity contribution in [1.29, 1.82) is 0 Å². The van der Waals surface area contributed by atoms with Gasteiger partial charge in [-0.3, -0.25) is 0 Å². The summed E-state index contributed by atoms with van der Waals surface area (Å²) in [6.45, 7) is 9.52. The molecule has 8 heteroatoms. The summed E-state index contributed by atoms with van der Waals surface area (Å²) in [4.78, 5) is 0. The molecule has 1 aromatic heterocycles. The third-order valence-corrected chi connectivity index (χ3v) is 5.45. The van der Waals surface area contributed by atoms with Crippen LogP contribution in [0.15, 0.2) is 36.7 Å². The number of aromatic nitrogens is 3. The highest BCUT2D eigenvalue weighted by atomic mass is 79.9. The maximum Gasteiger partial charge on any atom is 0.309 e. The van der Waals surface area contributed by atoms with Gasteiger partial charge in [0.05, 0.1) is 25.3 Å². The van der Waals surface area contributed by atoms with Crippen LogP contribution in [0.4, 0.5) is 0 Å². The first-order valence-corrected chi connectivity index (χ1v) is 9.63. The molecule has 7 nitrogen and oxygen atoms in total. The first kappa shape index (κ1) is 26.6.